The lowest BCUT2D eigenvalue weighted by Gasteiger charge is -2.04. The van der Waals surface area contributed by atoms with Gasteiger partial charge in [0.05, 0.1) is 0 Å². The molecule has 0 aromatic rings. The molecule has 0 atom stereocenters. The first-order valence-corrected chi connectivity index (χ1v) is 9.48. The predicted octanol–water partition coefficient (Wildman–Crippen LogP) is 7.39. The van der Waals surface area contributed by atoms with Crippen LogP contribution in [0.1, 0.15) is 109 Å². The van der Waals surface area contributed by atoms with Gasteiger partial charge in [0.15, 0.2) is 0 Å². The van der Waals surface area contributed by atoms with Crippen LogP contribution in [-0.4, -0.2) is 0 Å². The molecule has 117 valence electrons. The Morgan fingerprint density at radius 1 is 0.350 bits per heavy atom. The van der Waals surface area contributed by atoms with Gasteiger partial charge in [0.25, 0.3) is 0 Å². The van der Waals surface area contributed by atoms with Crippen molar-refractivity contribution >= 4 is 0 Å². The molecule has 0 aromatic heterocycles. The lowest BCUT2D eigenvalue weighted by molar-refractivity contribution is 0.530. The lowest BCUT2D eigenvalue weighted by atomic mass is 10.0. The minimum Gasteiger partial charge on any atom is -0.0882 e. The number of allylic oxidation sites excluding steroid dienone is 2. The average Bonchev–Trinajstić information content (AvgIpc) is 2.46. The molecular formula is C20H37. The van der Waals surface area contributed by atoms with Crippen LogP contribution in [0.3, 0.4) is 0 Å². The molecule has 0 bridgehead atoms. The van der Waals surface area contributed by atoms with Gasteiger partial charge in [0, 0.05) is 0 Å². The van der Waals surface area contributed by atoms with Crippen molar-refractivity contribution in [1.29, 1.82) is 0 Å². The molecule has 1 rings (SSSR count). The normalized spacial score (nSPS) is 23.2. The first-order valence-electron chi connectivity index (χ1n) is 9.48. The van der Waals surface area contributed by atoms with E-state index >= 15 is 0 Å². The van der Waals surface area contributed by atoms with Gasteiger partial charge in [0.1, 0.15) is 0 Å². The minimum atomic E-state index is 1.29. The summed E-state index contributed by atoms with van der Waals surface area (Å²) in [5.74, 6) is 0. The van der Waals surface area contributed by atoms with Gasteiger partial charge in [-0.25, -0.2) is 0 Å². The Morgan fingerprint density at radius 2 is 0.700 bits per heavy atom. The van der Waals surface area contributed by atoms with Crippen LogP contribution in [0.5, 0.6) is 0 Å². The van der Waals surface area contributed by atoms with Crippen LogP contribution < -0.4 is 0 Å². The molecule has 0 fully saturated rings. The maximum atomic E-state index is 2.37. The Kier molecular flexibility index (Phi) is 13.5. The highest BCUT2D eigenvalue weighted by atomic mass is 14.0. The van der Waals surface area contributed by atoms with Gasteiger partial charge < -0.3 is 0 Å². The van der Waals surface area contributed by atoms with Crippen molar-refractivity contribution in [3.63, 3.8) is 0 Å². The van der Waals surface area contributed by atoms with Gasteiger partial charge in [-0.05, 0) is 25.7 Å². The maximum absolute atomic E-state index is 2.37. The summed E-state index contributed by atoms with van der Waals surface area (Å²) < 4.78 is 0. The standard InChI is InChI=1S/C20H37/c1-2-4-6-8-10-12-14-16-18-20-19-17-15-13-11-9-7-5-3-1/h1-3H,4-20H2. The molecule has 20 heavy (non-hydrogen) atoms. The molecule has 0 aliphatic heterocycles. The van der Waals surface area contributed by atoms with Gasteiger partial charge in [-0.3, -0.25) is 0 Å². The largest absolute Gasteiger partial charge is 0.0882 e. The molecule has 0 saturated carbocycles. The molecule has 0 saturated heterocycles. The van der Waals surface area contributed by atoms with Crippen molar-refractivity contribution in [2.75, 3.05) is 0 Å². The quantitative estimate of drug-likeness (QED) is 0.433. The highest BCUT2D eigenvalue weighted by molar-refractivity contribution is 4.94. The van der Waals surface area contributed by atoms with Crippen molar-refractivity contribution < 1.29 is 0 Å². The zero-order chi connectivity index (χ0) is 14.1. The summed E-state index contributed by atoms with van der Waals surface area (Å²) in [5, 5.41) is 0. The van der Waals surface area contributed by atoms with Crippen LogP contribution in [0, 0.1) is 6.42 Å². The second kappa shape index (κ2) is 15.1. The van der Waals surface area contributed by atoms with Gasteiger partial charge >= 0.3 is 0 Å². The van der Waals surface area contributed by atoms with E-state index in [0.29, 0.717) is 0 Å². The summed E-state index contributed by atoms with van der Waals surface area (Å²) in [7, 11) is 0. The second-order valence-corrected chi connectivity index (χ2v) is 6.54. The van der Waals surface area contributed by atoms with Crippen molar-refractivity contribution in [2.24, 2.45) is 0 Å². The maximum Gasteiger partial charge on any atom is -0.0171 e. The van der Waals surface area contributed by atoms with Crippen molar-refractivity contribution in [2.45, 2.75) is 109 Å². The molecule has 0 spiro atoms. The van der Waals surface area contributed by atoms with Gasteiger partial charge in [0.2, 0.25) is 0 Å². The van der Waals surface area contributed by atoms with Crippen LogP contribution in [0.15, 0.2) is 12.2 Å². The molecule has 1 aliphatic carbocycles. The average molecular weight is 278 g/mol. The highest BCUT2D eigenvalue weighted by Gasteiger charge is 1.95. The monoisotopic (exact) mass is 277 g/mol. The minimum absolute atomic E-state index is 1.29. The fourth-order valence-corrected chi connectivity index (χ4v) is 3.11. The smallest absolute Gasteiger partial charge is 0.0171 e. The Bertz CT molecular complexity index is 182. The molecule has 0 heteroatoms. The summed E-state index contributed by atoms with van der Waals surface area (Å²) in [6.45, 7) is 0. The SMILES string of the molecule is [CH]1C=CCCCCCCCCCCCCCCCCC1. The zero-order valence-electron chi connectivity index (χ0n) is 13.8. The van der Waals surface area contributed by atoms with Gasteiger partial charge in [-0.2, -0.15) is 0 Å². The fourth-order valence-electron chi connectivity index (χ4n) is 3.11. The van der Waals surface area contributed by atoms with Crippen molar-refractivity contribution in [1.82, 2.24) is 0 Å². The summed E-state index contributed by atoms with van der Waals surface area (Å²) >= 11 is 0. The molecule has 0 aromatic carbocycles. The molecule has 0 unspecified atom stereocenters. The predicted molar refractivity (Wildman–Crippen MR) is 91.9 cm³/mol. The molecular weight excluding hydrogens is 240 g/mol. The van der Waals surface area contributed by atoms with E-state index in [0.717, 1.165) is 0 Å². The van der Waals surface area contributed by atoms with E-state index in [2.05, 4.69) is 18.6 Å². The van der Waals surface area contributed by atoms with Crippen LogP contribution in [0.25, 0.3) is 0 Å². The lowest BCUT2D eigenvalue weighted by Crippen LogP contribution is -1.84. The summed E-state index contributed by atoms with van der Waals surface area (Å²) in [6, 6.07) is 0. The number of hydrogen-bond acceptors (Lipinski definition) is 0. The molecule has 1 radical (unpaired) electrons. The van der Waals surface area contributed by atoms with Crippen LogP contribution in [0.2, 0.25) is 0 Å². The van der Waals surface area contributed by atoms with E-state index in [-0.39, 0.29) is 0 Å². The fraction of sp³-hybridized carbons (Fsp3) is 0.850. The summed E-state index contributed by atoms with van der Waals surface area (Å²) in [6.07, 6.45) is 31.5. The van der Waals surface area contributed by atoms with E-state index < -0.39 is 0 Å². The van der Waals surface area contributed by atoms with Gasteiger partial charge in [-0.1, -0.05) is 102 Å². The van der Waals surface area contributed by atoms with E-state index in [1.165, 1.54) is 109 Å². The van der Waals surface area contributed by atoms with Gasteiger partial charge in [-0.15, -0.1) is 0 Å². The third kappa shape index (κ3) is 12.8. The molecule has 0 N–H and O–H groups in total. The van der Waals surface area contributed by atoms with Crippen molar-refractivity contribution in [3.8, 4) is 0 Å². The summed E-state index contributed by atoms with van der Waals surface area (Å²) in [5.41, 5.74) is 0. The van der Waals surface area contributed by atoms with Crippen LogP contribution in [-0.2, 0) is 0 Å². The van der Waals surface area contributed by atoms with Crippen molar-refractivity contribution in [3.05, 3.63) is 18.6 Å². The number of hydrogen-bond donors (Lipinski definition) is 0. The zero-order valence-corrected chi connectivity index (χ0v) is 13.8. The van der Waals surface area contributed by atoms with Crippen LogP contribution in [0.4, 0.5) is 0 Å². The Hall–Kier alpha value is -0.260. The van der Waals surface area contributed by atoms with E-state index in [1.807, 2.05) is 0 Å². The molecule has 1 aliphatic rings. The second-order valence-electron chi connectivity index (χ2n) is 6.54. The third-order valence-corrected chi connectivity index (χ3v) is 4.51. The molecule has 0 amide bonds. The van der Waals surface area contributed by atoms with E-state index in [4.69, 9.17) is 0 Å². The van der Waals surface area contributed by atoms with Crippen LogP contribution >= 0.6 is 0 Å². The Labute approximate surface area is 128 Å². The first kappa shape index (κ1) is 17.8. The Morgan fingerprint density at radius 3 is 1.15 bits per heavy atom. The Balaban J connectivity index is 2.06. The highest BCUT2D eigenvalue weighted by Crippen LogP contribution is 2.14. The molecule has 0 nitrogen and oxygen atoms in total. The molecule has 0 heterocycles. The topological polar surface area (TPSA) is 0 Å². The summed E-state index contributed by atoms with van der Waals surface area (Å²) in [4.78, 5) is 0. The first-order chi connectivity index (χ1) is 10.0. The van der Waals surface area contributed by atoms with E-state index in [9.17, 15) is 0 Å². The van der Waals surface area contributed by atoms with E-state index in [1.54, 1.807) is 0 Å². The number of rotatable bonds is 0. The third-order valence-electron chi connectivity index (χ3n) is 4.51.